The van der Waals surface area contributed by atoms with E-state index in [9.17, 15) is 13.2 Å². The molecule has 0 spiro atoms. The number of ether oxygens (including phenoxy) is 4. The molecule has 0 N–H and O–H groups in total. The normalized spacial score (nSPS) is 12.3. The summed E-state index contributed by atoms with van der Waals surface area (Å²) in [6, 6.07) is 10.9. The van der Waals surface area contributed by atoms with Crippen LogP contribution in [0.25, 0.3) is 0 Å². The van der Waals surface area contributed by atoms with Gasteiger partial charge in [0, 0.05) is 19.4 Å². The summed E-state index contributed by atoms with van der Waals surface area (Å²) in [5, 5.41) is 0. The predicted molar refractivity (Wildman–Crippen MR) is 99.4 cm³/mol. The first-order chi connectivity index (χ1) is 12.7. The van der Waals surface area contributed by atoms with Gasteiger partial charge in [0.15, 0.2) is 9.84 Å². The molecule has 0 bridgehead atoms. The van der Waals surface area contributed by atoms with Crippen LogP contribution < -0.4 is 9.47 Å². The Morgan fingerprint density at radius 2 is 1.78 bits per heavy atom. The minimum Gasteiger partial charge on any atom is -0.487 e. The van der Waals surface area contributed by atoms with Gasteiger partial charge in [-0.1, -0.05) is 6.07 Å². The largest absolute Gasteiger partial charge is 0.487 e. The van der Waals surface area contributed by atoms with Gasteiger partial charge in [0.1, 0.15) is 28.2 Å². The lowest BCUT2D eigenvalue weighted by molar-refractivity contribution is 0.0600. The molecule has 2 aromatic carbocycles. The first-order valence-corrected chi connectivity index (χ1v) is 9.99. The van der Waals surface area contributed by atoms with Crippen LogP contribution in [0.3, 0.4) is 0 Å². The third kappa shape index (κ3) is 5.70. The van der Waals surface area contributed by atoms with Gasteiger partial charge in [-0.25, -0.2) is 13.2 Å². The average Bonchev–Trinajstić information content (AvgIpc) is 2.60. The molecule has 0 aliphatic carbocycles. The number of benzene rings is 2. The molecule has 7 nitrogen and oxygen atoms in total. The van der Waals surface area contributed by atoms with Crippen LogP contribution in [0.1, 0.15) is 17.3 Å². The predicted octanol–water partition coefficient (Wildman–Crippen LogP) is 3.08. The Kier molecular flexibility index (Phi) is 6.81. The first kappa shape index (κ1) is 20.7. The quantitative estimate of drug-likeness (QED) is 0.636. The van der Waals surface area contributed by atoms with Crippen molar-refractivity contribution in [2.75, 3.05) is 27.1 Å². The number of carbonyl (C=O) groups is 1. The summed E-state index contributed by atoms with van der Waals surface area (Å²) in [4.78, 5) is 11.7. The molecule has 0 heterocycles. The third-order valence-electron chi connectivity index (χ3n) is 3.54. The van der Waals surface area contributed by atoms with Crippen LogP contribution >= 0.6 is 0 Å². The van der Waals surface area contributed by atoms with Gasteiger partial charge in [-0.15, -0.1) is 0 Å². The lowest BCUT2D eigenvalue weighted by Gasteiger charge is -2.17. The van der Waals surface area contributed by atoms with E-state index in [-0.39, 0.29) is 16.7 Å². The SMILES string of the molecule is COC[C@H](C)Oc1cc(Oc2cccc(C(=O)OC)c2)ccc1S(C)(=O)=O. The summed E-state index contributed by atoms with van der Waals surface area (Å²) in [5.74, 6) is 0.457. The van der Waals surface area contributed by atoms with Crippen LogP contribution in [0.4, 0.5) is 0 Å². The van der Waals surface area contributed by atoms with Crippen LogP contribution in [0, 0.1) is 0 Å². The van der Waals surface area contributed by atoms with Crippen molar-refractivity contribution < 1.29 is 32.2 Å². The molecule has 27 heavy (non-hydrogen) atoms. The molecule has 0 unspecified atom stereocenters. The summed E-state index contributed by atoms with van der Waals surface area (Å²) in [7, 11) is -0.658. The van der Waals surface area contributed by atoms with E-state index in [1.54, 1.807) is 25.1 Å². The Bertz CT molecular complexity index is 906. The van der Waals surface area contributed by atoms with E-state index >= 15 is 0 Å². The van der Waals surface area contributed by atoms with Crippen molar-refractivity contribution in [3.63, 3.8) is 0 Å². The summed E-state index contributed by atoms with van der Waals surface area (Å²) in [5.41, 5.74) is 0.341. The fraction of sp³-hybridized carbons (Fsp3) is 0.316. The van der Waals surface area contributed by atoms with Gasteiger partial charge >= 0.3 is 5.97 Å². The number of hydrogen-bond donors (Lipinski definition) is 0. The molecule has 1 atom stereocenters. The highest BCUT2D eigenvalue weighted by molar-refractivity contribution is 7.90. The second kappa shape index (κ2) is 8.88. The zero-order valence-corrected chi connectivity index (χ0v) is 16.4. The molecule has 0 radical (unpaired) electrons. The van der Waals surface area contributed by atoms with Gasteiger partial charge in [-0.3, -0.25) is 0 Å². The maximum absolute atomic E-state index is 12.0. The Labute approximate surface area is 158 Å². The average molecular weight is 394 g/mol. The molecule has 0 aliphatic heterocycles. The van der Waals surface area contributed by atoms with Crippen LogP contribution in [0.2, 0.25) is 0 Å². The first-order valence-electron chi connectivity index (χ1n) is 8.10. The highest BCUT2D eigenvalue weighted by Crippen LogP contribution is 2.32. The molecule has 0 aliphatic rings. The number of sulfone groups is 1. The fourth-order valence-electron chi connectivity index (χ4n) is 2.38. The number of rotatable bonds is 8. The van der Waals surface area contributed by atoms with Crippen molar-refractivity contribution in [1.82, 2.24) is 0 Å². The lowest BCUT2D eigenvalue weighted by atomic mass is 10.2. The van der Waals surface area contributed by atoms with Gasteiger partial charge in [-0.2, -0.15) is 0 Å². The minimum absolute atomic E-state index is 0.0566. The molecule has 0 aromatic heterocycles. The maximum Gasteiger partial charge on any atom is 0.337 e. The summed E-state index contributed by atoms with van der Waals surface area (Å²) in [6.45, 7) is 2.07. The van der Waals surface area contributed by atoms with Crippen molar-refractivity contribution in [3.05, 3.63) is 48.0 Å². The van der Waals surface area contributed by atoms with Crippen LogP contribution in [-0.4, -0.2) is 47.6 Å². The molecule has 8 heteroatoms. The smallest absolute Gasteiger partial charge is 0.337 e. The van der Waals surface area contributed by atoms with E-state index in [0.29, 0.717) is 23.7 Å². The highest BCUT2D eigenvalue weighted by Gasteiger charge is 2.18. The summed E-state index contributed by atoms with van der Waals surface area (Å²) in [6.07, 6.45) is 0.754. The standard InChI is InChI=1S/C19H22O7S/c1-13(12-23-2)25-17-11-16(8-9-18(17)27(4,21)22)26-15-7-5-6-14(10-15)19(20)24-3/h5-11,13H,12H2,1-4H3/t13-/m0/s1. The number of esters is 1. The van der Waals surface area contributed by atoms with E-state index in [2.05, 4.69) is 4.74 Å². The molecule has 2 rings (SSSR count). The van der Waals surface area contributed by atoms with Gasteiger partial charge in [0.25, 0.3) is 0 Å². The molecule has 0 fully saturated rings. The lowest BCUT2D eigenvalue weighted by Crippen LogP contribution is -2.19. The summed E-state index contributed by atoms with van der Waals surface area (Å²) >= 11 is 0. The number of carbonyl (C=O) groups excluding carboxylic acids is 1. The zero-order valence-electron chi connectivity index (χ0n) is 15.6. The van der Waals surface area contributed by atoms with Crippen LogP contribution in [0.15, 0.2) is 47.4 Å². The van der Waals surface area contributed by atoms with Gasteiger partial charge in [0.05, 0.1) is 19.3 Å². The molecule has 0 saturated heterocycles. The number of hydrogen-bond acceptors (Lipinski definition) is 7. The van der Waals surface area contributed by atoms with E-state index in [0.717, 1.165) is 6.26 Å². The molecular weight excluding hydrogens is 372 g/mol. The second-order valence-corrected chi connectivity index (χ2v) is 7.87. The topological polar surface area (TPSA) is 88.1 Å². The van der Waals surface area contributed by atoms with Crippen molar-refractivity contribution >= 4 is 15.8 Å². The molecule has 0 saturated carbocycles. The van der Waals surface area contributed by atoms with Crippen LogP contribution in [-0.2, 0) is 19.3 Å². The van der Waals surface area contributed by atoms with Crippen molar-refractivity contribution in [2.45, 2.75) is 17.9 Å². The van der Waals surface area contributed by atoms with E-state index in [1.165, 1.54) is 38.5 Å². The highest BCUT2D eigenvalue weighted by atomic mass is 32.2. The Hall–Kier alpha value is -2.58. The van der Waals surface area contributed by atoms with E-state index in [4.69, 9.17) is 14.2 Å². The molecule has 146 valence electrons. The molecular formula is C19H22O7S. The molecule has 2 aromatic rings. The third-order valence-corrected chi connectivity index (χ3v) is 4.67. The van der Waals surface area contributed by atoms with Gasteiger partial charge in [0.2, 0.25) is 0 Å². The number of methoxy groups -OCH3 is 2. The Morgan fingerprint density at radius 3 is 2.41 bits per heavy atom. The molecule has 0 amide bonds. The Balaban J connectivity index is 2.34. The monoisotopic (exact) mass is 394 g/mol. The van der Waals surface area contributed by atoms with Crippen molar-refractivity contribution in [1.29, 1.82) is 0 Å². The van der Waals surface area contributed by atoms with E-state index < -0.39 is 15.8 Å². The van der Waals surface area contributed by atoms with Crippen molar-refractivity contribution in [3.8, 4) is 17.2 Å². The van der Waals surface area contributed by atoms with Crippen molar-refractivity contribution in [2.24, 2.45) is 0 Å². The summed E-state index contributed by atoms with van der Waals surface area (Å²) < 4.78 is 45.2. The van der Waals surface area contributed by atoms with Crippen LogP contribution in [0.5, 0.6) is 17.2 Å². The second-order valence-electron chi connectivity index (χ2n) is 5.89. The fourth-order valence-corrected chi connectivity index (χ4v) is 3.16. The van der Waals surface area contributed by atoms with Gasteiger partial charge in [-0.05, 0) is 37.3 Å². The minimum atomic E-state index is -3.49. The maximum atomic E-state index is 12.0. The van der Waals surface area contributed by atoms with E-state index in [1.807, 2.05) is 0 Å². The zero-order chi connectivity index (χ0) is 20.0. The van der Waals surface area contributed by atoms with Gasteiger partial charge < -0.3 is 18.9 Å². The Morgan fingerprint density at radius 1 is 1.07 bits per heavy atom.